The number of aromatic nitrogens is 3. The van der Waals surface area contributed by atoms with Crippen LogP contribution >= 0.6 is 11.3 Å². The van der Waals surface area contributed by atoms with E-state index in [-0.39, 0.29) is 24.2 Å². The van der Waals surface area contributed by atoms with Gasteiger partial charge < -0.3 is 10.2 Å². The number of carbonyl (C=O) groups excluding carboxylic acids is 2. The molecule has 0 saturated carbocycles. The van der Waals surface area contributed by atoms with Gasteiger partial charge in [0.25, 0.3) is 0 Å². The molecule has 2 aromatic heterocycles. The van der Waals surface area contributed by atoms with Crippen LogP contribution in [0.3, 0.4) is 0 Å². The number of hydrogen-bond acceptors (Lipinski definition) is 5. The molecule has 144 valence electrons. The van der Waals surface area contributed by atoms with E-state index in [0.29, 0.717) is 18.2 Å². The van der Waals surface area contributed by atoms with Crippen LogP contribution in [0.4, 0.5) is 5.13 Å². The topological polar surface area (TPSA) is 80.1 Å². The lowest BCUT2D eigenvalue weighted by Crippen LogP contribution is -2.28. The Labute approximate surface area is 167 Å². The molecular weight excluding hydrogens is 374 g/mol. The van der Waals surface area contributed by atoms with Gasteiger partial charge in [-0.15, -0.1) is 11.3 Å². The van der Waals surface area contributed by atoms with Crippen molar-refractivity contribution < 1.29 is 9.59 Å². The van der Waals surface area contributed by atoms with Crippen LogP contribution in [0.1, 0.15) is 17.7 Å². The fourth-order valence-corrected chi connectivity index (χ4v) is 4.13. The van der Waals surface area contributed by atoms with Gasteiger partial charge in [0.05, 0.1) is 17.3 Å². The van der Waals surface area contributed by atoms with Crippen molar-refractivity contribution in [1.82, 2.24) is 19.7 Å². The van der Waals surface area contributed by atoms with E-state index in [1.165, 1.54) is 11.3 Å². The number of anilines is 1. The Kier molecular flexibility index (Phi) is 4.95. The number of amides is 2. The molecule has 0 bridgehead atoms. The summed E-state index contributed by atoms with van der Waals surface area (Å²) in [6.45, 7) is 2.89. The number of likely N-dealkylation sites (tertiary alicyclic amines) is 1. The molecule has 3 heterocycles. The summed E-state index contributed by atoms with van der Waals surface area (Å²) in [4.78, 5) is 31.2. The Morgan fingerprint density at radius 3 is 2.82 bits per heavy atom. The van der Waals surface area contributed by atoms with Gasteiger partial charge in [0.1, 0.15) is 0 Å². The molecule has 0 unspecified atom stereocenters. The van der Waals surface area contributed by atoms with E-state index >= 15 is 0 Å². The van der Waals surface area contributed by atoms with Crippen LogP contribution in [-0.4, -0.2) is 38.0 Å². The highest BCUT2D eigenvalue weighted by Gasteiger charge is 2.34. The summed E-state index contributed by atoms with van der Waals surface area (Å²) in [7, 11) is 1.86. The molecule has 1 aromatic carbocycles. The number of nitrogens with zero attached hydrogens (tertiary/aromatic N) is 4. The average molecular weight is 395 g/mol. The highest BCUT2D eigenvalue weighted by molar-refractivity contribution is 7.14. The van der Waals surface area contributed by atoms with Crippen molar-refractivity contribution in [1.29, 1.82) is 0 Å². The van der Waals surface area contributed by atoms with Crippen LogP contribution in [0.5, 0.6) is 0 Å². The second-order valence-electron chi connectivity index (χ2n) is 6.99. The maximum Gasteiger partial charge on any atom is 0.231 e. The lowest BCUT2D eigenvalue weighted by molar-refractivity contribution is -0.128. The molecule has 1 atom stereocenters. The number of rotatable bonds is 5. The Balaban J connectivity index is 1.39. The zero-order chi connectivity index (χ0) is 19.7. The van der Waals surface area contributed by atoms with Crippen LogP contribution in [0.25, 0.3) is 11.3 Å². The molecule has 0 radical (unpaired) electrons. The van der Waals surface area contributed by atoms with Gasteiger partial charge in [0, 0.05) is 43.7 Å². The molecule has 0 spiro atoms. The summed E-state index contributed by atoms with van der Waals surface area (Å²) in [5.74, 6) is -0.508. The molecule has 8 heteroatoms. The van der Waals surface area contributed by atoms with E-state index in [1.54, 1.807) is 9.58 Å². The normalized spacial score (nSPS) is 16.6. The molecule has 4 rings (SSSR count). The molecule has 2 amide bonds. The molecule has 3 aromatic rings. The fourth-order valence-electron chi connectivity index (χ4n) is 3.42. The first-order valence-corrected chi connectivity index (χ1v) is 9.96. The van der Waals surface area contributed by atoms with Crippen molar-refractivity contribution in [2.75, 3.05) is 11.9 Å². The second kappa shape index (κ2) is 7.55. The zero-order valence-corrected chi connectivity index (χ0v) is 16.6. The van der Waals surface area contributed by atoms with Gasteiger partial charge >= 0.3 is 0 Å². The molecule has 1 saturated heterocycles. The third-order valence-corrected chi connectivity index (χ3v) is 5.58. The van der Waals surface area contributed by atoms with Crippen LogP contribution in [0.2, 0.25) is 0 Å². The minimum absolute atomic E-state index is 0.00909. The summed E-state index contributed by atoms with van der Waals surface area (Å²) in [5, 5.41) is 9.63. The van der Waals surface area contributed by atoms with Crippen molar-refractivity contribution in [3.63, 3.8) is 0 Å². The predicted molar refractivity (Wildman–Crippen MR) is 108 cm³/mol. The van der Waals surface area contributed by atoms with E-state index in [1.807, 2.05) is 55.9 Å². The number of nitrogens with one attached hydrogen (secondary N) is 1. The van der Waals surface area contributed by atoms with Crippen molar-refractivity contribution in [3.8, 4) is 11.3 Å². The smallest absolute Gasteiger partial charge is 0.231 e. The highest BCUT2D eigenvalue weighted by atomic mass is 32.1. The van der Waals surface area contributed by atoms with E-state index in [2.05, 4.69) is 15.4 Å². The average Bonchev–Trinajstić information content (AvgIpc) is 3.36. The van der Waals surface area contributed by atoms with Gasteiger partial charge in [0.2, 0.25) is 11.8 Å². The summed E-state index contributed by atoms with van der Waals surface area (Å²) in [5.41, 5.74) is 3.69. The Hall–Kier alpha value is -3.00. The van der Waals surface area contributed by atoms with Gasteiger partial charge in [-0.2, -0.15) is 5.10 Å². The van der Waals surface area contributed by atoms with Crippen LogP contribution < -0.4 is 5.32 Å². The molecule has 1 aliphatic rings. The Morgan fingerprint density at radius 1 is 1.32 bits per heavy atom. The third-order valence-electron chi connectivity index (χ3n) is 4.83. The van der Waals surface area contributed by atoms with Crippen molar-refractivity contribution in [2.24, 2.45) is 13.0 Å². The number of aryl methyl sites for hydroxylation is 2. The first-order chi connectivity index (χ1) is 13.5. The first-order valence-electron chi connectivity index (χ1n) is 9.08. The second-order valence-corrected chi connectivity index (χ2v) is 7.85. The quantitative estimate of drug-likeness (QED) is 0.720. The first kappa shape index (κ1) is 18.4. The highest BCUT2D eigenvalue weighted by Crippen LogP contribution is 2.28. The Morgan fingerprint density at radius 2 is 2.11 bits per heavy atom. The summed E-state index contributed by atoms with van der Waals surface area (Å²) < 4.78 is 1.74. The van der Waals surface area contributed by atoms with E-state index in [0.717, 1.165) is 22.5 Å². The predicted octanol–water partition coefficient (Wildman–Crippen LogP) is 2.84. The zero-order valence-electron chi connectivity index (χ0n) is 15.8. The summed E-state index contributed by atoms with van der Waals surface area (Å²) in [6.07, 6.45) is 2.14. The van der Waals surface area contributed by atoms with Gasteiger partial charge in [-0.1, -0.05) is 30.3 Å². The number of hydrogen-bond donors (Lipinski definition) is 1. The van der Waals surface area contributed by atoms with E-state index in [9.17, 15) is 9.59 Å². The Bertz CT molecular complexity index is 1010. The van der Waals surface area contributed by atoms with Crippen LogP contribution in [0, 0.1) is 12.8 Å². The van der Waals surface area contributed by atoms with Crippen molar-refractivity contribution in [3.05, 3.63) is 53.2 Å². The monoisotopic (exact) mass is 395 g/mol. The molecule has 1 aliphatic heterocycles. The third kappa shape index (κ3) is 3.82. The molecule has 0 aliphatic carbocycles. The maximum absolute atomic E-state index is 12.6. The molecule has 1 fully saturated rings. The number of thiazole rings is 1. The van der Waals surface area contributed by atoms with Crippen LogP contribution in [-0.2, 0) is 23.2 Å². The minimum Gasteiger partial charge on any atom is -0.338 e. The summed E-state index contributed by atoms with van der Waals surface area (Å²) in [6, 6.07) is 9.81. The lowest BCUT2D eigenvalue weighted by Gasteiger charge is -2.16. The molecule has 7 nitrogen and oxygen atoms in total. The SMILES string of the molecule is Cc1nn(C)cc1-c1csc(NC(=O)[C@@H]2CC(=O)N(Cc3ccccc3)C2)n1. The summed E-state index contributed by atoms with van der Waals surface area (Å²) >= 11 is 1.38. The van der Waals surface area contributed by atoms with E-state index < -0.39 is 0 Å². The largest absolute Gasteiger partial charge is 0.338 e. The van der Waals surface area contributed by atoms with Crippen molar-refractivity contribution >= 4 is 28.3 Å². The minimum atomic E-state index is -0.358. The van der Waals surface area contributed by atoms with Gasteiger partial charge in [-0.3, -0.25) is 14.3 Å². The standard InChI is InChI=1S/C20H21N5O2S/c1-13-16(11-24(2)23-13)17-12-28-20(21-17)22-19(27)15-8-18(26)25(10-15)9-14-6-4-3-5-7-14/h3-7,11-12,15H,8-10H2,1-2H3,(H,21,22,27)/t15-/m1/s1. The van der Waals surface area contributed by atoms with Crippen molar-refractivity contribution in [2.45, 2.75) is 19.9 Å². The lowest BCUT2D eigenvalue weighted by atomic mass is 10.1. The number of benzene rings is 1. The maximum atomic E-state index is 12.6. The number of carbonyl (C=O) groups is 2. The van der Waals surface area contributed by atoms with Gasteiger partial charge in [0.15, 0.2) is 5.13 Å². The fraction of sp³-hybridized carbons (Fsp3) is 0.300. The molecule has 1 N–H and O–H groups in total. The van der Waals surface area contributed by atoms with Gasteiger partial charge in [-0.05, 0) is 12.5 Å². The molecule has 28 heavy (non-hydrogen) atoms. The molecular formula is C20H21N5O2S. The van der Waals surface area contributed by atoms with Crippen LogP contribution in [0.15, 0.2) is 41.9 Å². The van der Waals surface area contributed by atoms with Gasteiger partial charge in [-0.25, -0.2) is 4.98 Å². The van der Waals surface area contributed by atoms with E-state index in [4.69, 9.17) is 0 Å².